The van der Waals surface area contributed by atoms with E-state index in [-0.39, 0.29) is 0 Å². The summed E-state index contributed by atoms with van der Waals surface area (Å²) < 4.78 is 10.7. The molecule has 0 aliphatic carbocycles. The Kier molecular flexibility index (Phi) is 5.18. The van der Waals surface area contributed by atoms with Crippen molar-refractivity contribution < 1.29 is 9.47 Å². The zero-order valence-corrected chi connectivity index (χ0v) is 13.9. The van der Waals surface area contributed by atoms with E-state index in [1.165, 1.54) is 30.6 Å². The highest BCUT2D eigenvalue weighted by molar-refractivity contribution is 5.43. The molecule has 1 aliphatic rings. The summed E-state index contributed by atoms with van der Waals surface area (Å²) in [6, 6.07) is 6.25. The average molecular weight is 315 g/mol. The standard InChI is InChI=1S/C18H25N3O2/c1-22-17-4-3-14(10-18(17)23-2)9-15-5-7-21(13-15)8-6-16-11-19-20-12-16/h3-4,10-12,15H,5-9,13H2,1-2H3,(H,19,20). The zero-order valence-electron chi connectivity index (χ0n) is 13.9. The van der Waals surface area contributed by atoms with Crippen LogP contribution in [0.2, 0.25) is 0 Å². The van der Waals surface area contributed by atoms with Gasteiger partial charge in [-0.15, -0.1) is 0 Å². The third kappa shape index (κ3) is 4.05. The lowest BCUT2D eigenvalue weighted by Crippen LogP contribution is -2.23. The molecule has 0 bridgehead atoms. The highest BCUT2D eigenvalue weighted by atomic mass is 16.5. The second kappa shape index (κ2) is 7.51. The molecule has 2 aromatic rings. The second-order valence-corrected chi connectivity index (χ2v) is 6.21. The van der Waals surface area contributed by atoms with Crippen LogP contribution in [0, 0.1) is 5.92 Å². The van der Waals surface area contributed by atoms with Crippen LogP contribution in [0.4, 0.5) is 0 Å². The SMILES string of the molecule is COc1ccc(CC2CCN(CCc3cn[nH]c3)C2)cc1OC. The van der Waals surface area contributed by atoms with E-state index in [0.717, 1.165) is 36.8 Å². The summed E-state index contributed by atoms with van der Waals surface area (Å²) in [5.41, 5.74) is 2.61. The van der Waals surface area contributed by atoms with Crippen molar-refractivity contribution in [2.24, 2.45) is 5.92 Å². The largest absolute Gasteiger partial charge is 0.493 e. The fourth-order valence-electron chi connectivity index (χ4n) is 3.33. The van der Waals surface area contributed by atoms with Gasteiger partial charge in [-0.1, -0.05) is 6.07 Å². The average Bonchev–Trinajstić information content (AvgIpc) is 3.24. The lowest BCUT2D eigenvalue weighted by atomic mass is 9.98. The van der Waals surface area contributed by atoms with Crippen molar-refractivity contribution in [2.75, 3.05) is 33.9 Å². The van der Waals surface area contributed by atoms with E-state index in [1.807, 2.05) is 18.5 Å². The molecule has 1 aromatic heterocycles. The van der Waals surface area contributed by atoms with E-state index in [0.29, 0.717) is 0 Å². The molecular formula is C18H25N3O2. The first-order valence-corrected chi connectivity index (χ1v) is 8.19. The Labute approximate surface area is 137 Å². The summed E-state index contributed by atoms with van der Waals surface area (Å²) in [6.07, 6.45) is 7.33. The zero-order chi connectivity index (χ0) is 16.1. The molecule has 1 unspecified atom stereocenters. The van der Waals surface area contributed by atoms with E-state index in [4.69, 9.17) is 9.47 Å². The summed E-state index contributed by atoms with van der Waals surface area (Å²) in [5, 5.41) is 6.88. The Morgan fingerprint density at radius 2 is 2.09 bits per heavy atom. The molecule has 2 heterocycles. The fraction of sp³-hybridized carbons (Fsp3) is 0.500. The van der Waals surface area contributed by atoms with E-state index >= 15 is 0 Å². The fourth-order valence-corrected chi connectivity index (χ4v) is 3.33. The number of aromatic amines is 1. The van der Waals surface area contributed by atoms with E-state index in [9.17, 15) is 0 Å². The molecule has 124 valence electrons. The number of ether oxygens (including phenoxy) is 2. The predicted molar refractivity (Wildman–Crippen MR) is 90.1 cm³/mol. The van der Waals surface area contributed by atoms with Crippen molar-refractivity contribution in [1.82, 2.24) is 15.1 Å². The topological polar surface area (TPSA) is 50.4 Å². The maximum atomic E-state index is 5.40. The van der Waals surface area contributed by atoms with Gasteiger partial charge >= 0.3 is 0 Å². The Morgan fingerprint density at radius 3 is 2.83 bits per heavy atom. The van der Waals surface area contributed by atoms with Gasteiger partial charge in [0.2, 0.25) is 0 Å². The van der Waals surface area contributed by atoms with Crippen LogP contribution in [0.15, 0.2) is 30.6 Å². The molecule has 3 rings (SSSR count). The molecule has 0 amide bonds. The molecule has 5 nitrogen and oxygen atoms in total. The third-order valence-corrected chi connectivity index (χ3v) is 4.61. The van der Waals surface area contributed by atoms with Crippen molar-refractivity contribution in [2.45, 2.75) is 19.3 Å². The minimum Gasteiger partial charge on any atom is -0.493 e. The van der Waals surface area contributed by atoms with Crippen LogP contribution in [-0.2, 0) is 12.8 Å². The lowest BCUT2D eigenvalue weighted by molar-refractivity contribution is 0.327. The number of methoxy groups -OCH3 is 2. The highest BCUT2D eigenvalue weighted by Crippen LogP contribution is 2.30. The number of nitrogens with one attached hydrogen (secondary N) is 1. The number of hydrogen-bond acceptors (Lipinski definition) is 4. The van der Waals surface area contributed by atoms with Gasteiger partial charge in [0.15, 0.2) is 11.5 Å². The summed E-state index contributed by atoms with van der Waals surface area (Å²) in [6.45, 7) is 3.48. The Morgan fingerprint density at radius 1 is 1.22 bits per heavy atom. The van der Waals surface area contributed by atoms with Crippen LogP contribution >= 0.6 is 0 Å². The van der Waals surface area contributed by atoms with Crippen LogP contribution in [0.1, 0.15) is 17.5 Å². The summed E-state index contributed by atoms with van der Waals surface area (Å²) in [5.74, 6) is 2.33. The maximum Gasteiger partial charge on any atom is 0.160 e. The van der Waals surface area contributed by atoms with E-state index in [2.05, 4.69) is 27.2 Å². The summed E-state index contributed by atoms with van der Waals surface area (Å²) in [7, 11) is 3.36. The molecule has 23 heavy (non-hydrogen) atoms. The molecule has 1 saturated heterocycles. The molecule has 0 spiro atoms. The first kappa shape index (κ1) is 15.9. The van der Waals surface area contributed by atoms with Crippen molar-refractivity contribution >= 4 is 0 Å². The smallest absolute Gasteiger partial charge is 0.160 e. The normalized spacial score (nSPS) is 18.3. The number of hydrogen-bond donors (Lipinski definition) is 1. The third-order valence-electron chi connectivity index (χ3n) is 4.61. The van der Waals surface area contributed by atoms with Crippen LogP contribution in [0.3, 0.4) is 0 Å². The quantitative estimate of drug-likeness (QED) is 0.853. The minimum absolute atomic E-state index is 0.720. The van der Waals surface area contributed by atoms with E-state index in [1.54, 1.807) is 14.2 Å². The molecule has 0 saturated carbocycles. The van der Waals surface area contributed by atoms with Gasteiger partial charge in [-0.25, -0.2) is 0 Å². The van der Waals surface area contributed by atoms with Gasteiger partial charge in [0, 0.05) is 19.3 Å². The monoisotopic (exact) mass is 315 g/mol. The van der Waals surface area contributed by atoms with Crippen LogP contribution < -0.4 is 9.47 Å². The first-order valence-electron chi connectivity index (χ1n) is 8.19. The van der Waals surface area contributed by atoms with Crippen molar-refractivity contribution in [3.63, 3.8) is 0 Å². The van der Waals surface area contributed by atoms with Crippen molar-refractivity contribution in [1.29, 1.82) is 0 Å². The Hall–Kier alpha value is -2.01. The molecule has 1 aromatic carbocycles. The van der Waals surface area contributed by atoms with Gasteiger partial charge in [0.05, 0.1) is 20.4 Å². The predicted octanol–water partition coefficient (Wildman–Crippen LogP) is 2.53. The highest BCUT2D eigenvalue weighted by Gasteiger charge is 2.22. The van der Waals surface area contributed by atoms with Gasteiger partial charge in [-0.2, -0.15) is 5.10 Å². The number of likely N-dealkylation sites (tertiary alicyclic amines) is 1. The molecule has 1 N–H and O–H groups in total. The molecule has 1 atom stereocenters. The first-order chi connectivity index (χ1) is 11.3. The Balaban J connectivity index is 1.51. The number of aromatic nitrogens is 2. The molecular weight excluding hydrogens is 290 g/mol. The number of H-pyrrole nitrogens is 1. The van der Waals surface area contributed by atoms with Gasteiger partial charge in [-0.05, 0) is 55.0 Å². The van der Waals surface area contributed by atoms with Crippen LogP contribution in [0.5, 0.6) is 11.5 Å². The summed E-state index contributed by atoms with van der Waals surface area (Å²) in [4.78, 5) is 2.55. The minimum atomic E-state index is 0.720. The van der Waals surface area contributed by atoms with Gasteiger partial charge in [0.25, 0.3) is 0 Å². The summed E-state index contributed by atoms with van der Waals surface area (Å²) >= 11 is 0. The molecule has 1 fully saturated rings. The van der Waals surface area contributed by atoms with Crippen molar-refractivity contribution in [3.8, 4) is 11.5 Å². The molecule has 5 heteroatoms. The van der Waals surface area contributed by atoms with Gasteiger partial charge in [-0.3, -0.25) is 5.10 Å². The van der Waals surface area contributed by atoms with Gasteiger partial charge in [0.1, 0.15) is 0 Å². The van der Waals surface area contributed by atoms with Crippen LogP contribution in [-0.4, -0.2) is 49.0 Å². The molecule has 1 aliphatic heterocycles. The number of nitrogens with zero attached hydrogens (tertiary/aromatic N) is 2. The second-order valence-electron chi connectivity index (χ2n) is 6.21. The van der Waals surface area contributed by atoms with Gasteiger partial charge < -0.3 is 14.4 Å². The van der Waals surface area contributed by atoms with Crippen LogP contribution in [0.25, 0.3) is 0 Å². The number of rotatable bonds is 7. The Bertz CT molecular complexity index is 613. The maximum absolute atomic E-state index is 5.40. The number of benzene rings is 1. The molecule has 0 radical (unpaired) electrons. The lowest BCUT2D eigenvalue weighted by Gasteiger charge is -2.16. The van der Waals surface area contributed by atoms with E-state index < -0.39 is 0 Å². The van der Waals surface area contributed by atoms with Crippen molar-refractivity contribution in [3.05, 3.63) is 41.7 Å².